The third kappa shape index (κ3) is 3.59. The second kappa shape index (κ2) is 6.76. The van der Waals surface area contributed by atoms with Gasteiger partial charge in [-0.2, -0.15) is 0 Å². The Bertz CT molecular complexity index is 617. The lowest BCUT2D eigenvalue weighted by atomic mass is 9.81. The Labute approximate surface area is 136 Å². The molecular weight excluding hydrogens is 290 g/mol. The summed E-state index contributed by atoms with van der Waals surface area (Å²) in [7, 11) is 0. The maximum absolute atomic E-state index is 5.45. The number of ether oxygens (including phenoxy) is 1. The fraction of sp³-hybridized carbons (Fsp3) is 0.588. The number of rotatable bonds is 5. The first-order chi connectivity index (χ1) is 11.4. The molecule has 23 heavy (non-hydrogen) atoms. The van der Waals surface area contributed by atoms with Crippen LogP contribution >= 0.6 is 0 Å². The quantitative estimate of drug-likeness (QED) is 0.839. The number of hydrogen-bond donors (Lipinski definition) is 0. The molecule has 2 fully saturated rings. The molecule has 0 spiro atoms. The fourth-order valence-electron chi connectivity index (χ4n) is 3.62. The highest BCUT2D eigenvalue weighted by Gasteiger charge is 2.34. The molecule has 0 N–H and O–H groups in total. The average Bonchev–Trinajstić information content (AvgIpc) is 2.99. The van der Waals surface area contributed by atoms with Gasteiger partial charge in [-0.3, -0.25) is 9.88 Å². The highest BCUT2D eigenvalue weighted by Crippen LogP contribution is 2.31. The van der Waals surface area contributed by atoms with Crippen LogP contribution in [0.5, 0.6) is 0 Å². The lowest BCUT2D eigenvalue weighted by molar-refractivity contribution is -0.0108. The van der Waals surface area contributed by atoms with E-state index in [1.807, 2.05) is 16.9 Å². The van der Waals surface area contributed by atoms with Crippen LogP contribution in [0.25, 0.3) is 0 Å². The van der Waals surface area contributed by atoms with E-state index >= 15 is 0 Å². The molecule has 6 heteroatoms. The van der Waals surface area contributed by atoms with Crippen molar-refractivity contribution in [3.63, 3.8) is 0 Å². The minimum atomic E-state index is 0.728. The molecule has 0 amide bonds. The van der Waals surface area contributed by atoms with Crippen molar-refractivity contribution in [3.8, 4) is 0 Å². The van der Waals surface area contributed by atoms with Crippen LogP contribution in [0.15, 0.2) is 30.7 Å². The van der Waals surface area contributed by atoms with E-state index < -0.39 is 0 Å². The summed E-state index contributed by atoms with van der Waals surface area (Å²) < 4.78 is 7.34. The van der Waals surface area contributed by atoms with Gasteiger partial charge >= 0.3 is 0 Å². The van der Waals surface area contributed by atoms with Gasteiger partial charge in [-0.15, -0.1) is 5.10 Å². The van der Waals surface area contributed by atoms with E-state index in [1.54, 1.807) is 6.20 Å². The van der Waals surface area contributed by atoms with Gasteiger partial charge in [0.1, 0.15) is 0 Å². The second-order valence-corrected chi connectivity index (χ2v) is 6.67. The Kier molecular flexibility index (Phi) is 4.35. The molecular formula is C17H23N5O. The molecule has 0 unspecified atom stereocenters. The summed E-state index contributed by atoms with van der Waals surface area (Å²) in [4.78, 5) is 6.60. The third-order valence-electron chi connectivity index (χ3n) is 4.96. The van der Waals surface area contributed by atoms with Gasteiger partial charge in [-0.05, 0) is 36.3 Å². The van der Waals surface area contributed by atoms with Gasteiger partial charge < -0.3 is 4.74 Å². The monoisotopic (exact) mass is 313 g/mol. The van der Waals surface area contributed by atoms with Crippen molar-refractivity contribution in [1.29, 1.82) is 0 Å². The zero-order chi connectivity index (χ0) is 15.5. The summed E-state index contributed by atoms with van der Waals surface area (Å²) in [6.45, 7) is 5.92. The molecule has 2 saturated heterocycles. The zero-order valence-electron chi connectivity index (χ0n) is 13.3. The molecule has 2 aromatic rings. The minimum absolute atomic E-state index is 0.728. The molecule has 0 atom stereocenters. The van der Waals surface area contributed by atoms with Gasteiger partial charge in [0.25, 0.3) is 0 Å². The summed E-state index contributed by atoms with van der Waals surface area (Å²) >= 11 is 0. The summed E-state index contributed by atoms with van der Waals surface area (Å²) in [5.74, 6) is 1.71. The molecule has 0 saturated carbocycles. The van der Waals surface area contributed by atoms with E-state index in [0.29, 0.717) is 0 Å². The molecule has 2 aliphatic rings. The Morgan fingerprint density at radius 3 is 2.78 bits per heavy atom. The molecule has 6 nitrogen and oxygen atoms in total. The van der Waals surface area contributed by atoms with Gasteiger partial charge in [0.2, 0.25) is 0 Å². The van der Waals surface area contributed by atoms with Gasteiger partial charge in [0, 0.05) is 45.2 Å². The van der Waals surface area contributed by atoms with Crippen LogP contribution in [0.3, 0.4) is 0 Å². The molecule has 122 valence electrons. The van der Waals surface area contributed by atoms with E-state index in [1.165, 1.54) is 25.9 Å². The van der Waals surface area contributed by atoms with E-state index in [2.05, 4.69) is 32.5 Å². The van der Waals surface area contributed by atoms with Crippen LogP contribution in [-0.2, 0) is 17.8 Å². The lowest BCUT2D eigenvalue weighted by Gasteiger charge is -2.44. The highest BCUT2D eigenvalue weighted by atomic mass is 16.5. The first-order valence-electron chi connectivity index (χ1n) is 8.45. The average molecular weight is 313 g/mol. The molecule has 0 aromatic carbocycles. The van der Waals surface area contributed by atoms with Crippen LogP contribution in [0.2, 0.25) is 0 Å². The predicted octanol–water partition coefficient (Wildman–Crippen LogP) is 1.58. The maximum Gasteiger partial charge on any atom is 0.0967 e. The lowest BCUT2D eigenvalue weighted by Crippen LogP contribution is -2.50. The molecule has 4 rings (SSSR count). The predicted molar refractivity (Wildman–Crippen MR) is 85.7 cm³/mol. The Morgan fingerprint density at radius 2 is 2.00 bits per heavy atom. The Morgan fingerprint density at radius 1 is 1.13 bits per heavy atom. The van der Waals surface area contributed by atoms with Crippen molar-refractivity contribution in [2.45, 2.75) is 25.9 Å². The van der Waals surface area contributed by atoms with Crippen molar-refractivity contribution >= 4 is 0 Å². The van der Waals surface area contributed by atoms with Crippen molar-refractivity contribution in [1.82, 2.24) is 24.9 Å². The molecule has 0 bridgehead atoms. The number of nitrogens with zero attached hydrogens (tertiary/aromatic N) is 5. The van der Waals surface area contributed by atoms with Crippen LogP contribution in [0.1, 0.15) is 24.1 Å². The summed E-state index contributed by atoms with van der Waals surface area (Å²) in [5, 5.41) is 8.53. The fourth-order valence-corrected chi connectivity index (χ4v) is 3.62. The standard InChI is InChI=1S/C17H23N5O/c1-2-14(8-18-5-1)9-22-13-17(19-20-22)12-21-10-16(11-21)15-3-6-23-7-4-15/h1-2,5,8,13,15-16H,3-4,6-7,9-12H2. The number of pyridine rings is 1. The summed E-state index contributed by atoms with van der Waals surface area (Å²) in [5.41, 5.74) is 2.20. The van der Waals surface area contributed by atoms with Crippen molar-refractivity contribution in [2.75, 3.05) is 26.3 Å². The van der Waals surface area contributed by atoms with Crippen LogP contribution in [0, 0.1) is 11.8 Å². The molecule has 0 radical (unpaired) electrons. The SMILES string of the molecule is c1cncc(Cn2cc(CN3CC(C4CCOCC4)C3)nn2)c1. The second-order valence-electron chi connectivity index (χ2n) is 6.67. The summed E-state index contributed by atoms with van der Waals surface area (Å²) in [6, 6.07) is 4.01. The van der Waals surface area contributed by atoms with Crippen LogP contribution in [-0.4, -0.2) is 51.2 Å². The topological polar surface area (TPSA) is 56.1 Å². The zero-order valence-corrected chi connectivity index (χ0v) is 13.3. The maximum atomic E-state index is 5.45. The van der Waals surface area contributed by atoms with Gasteiger partial charge in [-0.25, -0.2) is 4.68 Å². The number of aromatic nitrogens is 4. The molecule has 4 heterocycles. The largest absolute Gasteiger partial charge is 0.381 e. The highest BCUT2D eigenvalue weighted by molar-refractivity contribution is 5.09. The van der Waals surface area contributed by atoms with Gasteiger partial charge in [0.05, 0.1) is 18.4 Å². The van der Waals surface area contributed by atoms with Crippen LogP contribution < -0.4 is 0 Å². The van der Waals surface area contributed by atoms with Crippen LogP contribution in [0.4, 0.5) is 0 Å². The molecule has 2 aliphatic heterocycles. The first kappa shape index (κ1) is 14.8. The third-order valence-corrected chi connectivity index (χ3v) is 4.96. The van der Waals surface area contributed by atoms with Crippen molar-refractivity contribution in [3.05, 3.63) is 42.0 Å². The first-order valence-corrected chi connectivity index (χ1v) is 8.45. The van der Waals surface area contributed by atoms with Gasteiger partial charge in [-0.1, -0.05) is 11.3 Å². The summed E-state index contributed by atoms with van der Waals surface area (Å²) in [6.07, 6.45) is 8.18. The molecule has 0 aliphatic carbocycles. The van der Waals surface area contributed by atoms with E-state index in [-0.39, 0.29) is 0 Å². The normalized spacial score (nSPS) is 20.5. The van der Waals surface area contributed by atoms with Gasteiger partial charge in [0.15, 0.2) is 0 Å². The van der Waals surface area contributed by atoms with E-state index in [4.69, 9.17) is 4.74 Å². The van der Waals surface area contributed by atoms with E-state index in [9.17, 15) is 0 Å². The number of likely N-dealkylation sites (tertiary alicyclic amines) is 1. The Balaban J connectivity index is 1.26. The van der Waals surface area contributed by atoms with E-state index in [0.717, 1.165) is 49.4 Å². The smallest absolute Gasteiger partial charge is 0.0967 e. The molecule has 2 aromatic heterocycles. The van der Waals surface area contributed by atoms with Crippen molar-refractivity contribution in [2.24, 2.45) is 11.8 Å². The minimum Gasteiger partial charge on any atom is -0.381 e. The Hall–Kier alpha value is -1.79. The van der Waals surface area contributed by atoms with Crippen molar-refractivity contribution < 1.29 is 4.74 Å². The number of hydrogen-bond acceptors (Lipinski definition) is 5.